The van der Waals surface area contributed by atoms with Gasteiger partial charge < -0.3 is 10.5 Å². The van der Waals surface area contributed by atoms with E-state index in [1.807, 2.05) is 25.1 Å². The molecule has 0 saturated carbocycles. The molecule has 0 spiro atoms. The summed E-state index contributed by atoms with van der Waals surface area (Å²) in [5, 5.41) is 16.8. The molecular weight excluding hydrogens is 288 g/mol. The van der Waals surface area contributed by atoms with Gasteiger partial charge in [-0.15, -0.1) is 5.10 Å². The van der Waals surface area contributed by atoms with Gasteiger partial charge in [0.1, 0.15) is 11.6 Å². The highest BCUT2D eigenvalue weighted by Gasteiger charge is 2.45. The van der Waals surface area contributed by atoms with E-state index in [4.69, 9.17) is 10.5 Å². The molecule has 1 aliphatic rings. The Labute approximate surface area is 135 Å². The Morgan fingerprint density at radius 1 is 1.35 bits per heavy atom. The maximum Gasteiger partial charge on any atom is 0.244 e. The molecule has 1 unspecified atom stereocenters. The first-order chi connectivity index (χ1) is 11.1. The van der Waals surface area contributed by atoms with Gasteiger partial charge in [0.05, 0.1) is 0 Å². The molecule has 0 radical (unpaired) electrons. The average Bonchev–Trinajstić information content (AvgIpc) is 2.94. The van der Waals surface area contributed by atoms with Gasteiger partial charge in [-0.2, -0.15) is 5.26 Å². The summed E-state index contributed by atoms with van der Waals surface area (Å²) in [6.45, 7) is 4.04. The number of aryl methyl sites for hydroxylation is 2. The van der Waals surface area contributed by atoms with Crippen LogP contribution >= 0.6 is 0 Å². The zero-order chi connectivity index (χ0) is 16.4. The second-order valence-corrected chi connectivity index (χ2v) is 5.90. The molecule has 0 bridgehead atoms. The molecule has 0 amide bonds. The molecule has 1 atom stereocenters. The van der Waals surface area contributed by atoms with Gasteiger partial charge in [0, 0.05) is 16.7 Å². The van der Waals surface area contributed by atoms with Gasteiger partial charge in [0.2, 0.25) is 11.8 Å². The van der Waals surface area contributed by atoms with Crippen LogP contribution in [0.15, 0.2) is 41.8 Å². The molecule has 3 N–H and O–H groups in total. The molecule has 2 aromatic rings. The summed E-state index contributed by atoms with van der Waals surface area (Å²) >= 11 is 0. The van der Waals surface area contributed by atoms with Crippen LogP contribution in [0.1, 0.15) is 36.6 Å². The number of allylic oxidation sites excluding steroid dienone is 1. The third kappa shape index (κ3) is 2.36. The lowest BCUT2D eigenvalue weighted by atomic mass is 9.68. The Hall–Kier alpha value is -2.74. The standard InChI is InChI=1S/C18H20N4O/c1-3-18(10-9-13-7-5-4-6-8-13)14(11-19)16(20)23-17-15(18)12(2)21-22-17/h4-8H,3,9-10,20H2,1-2H3,(H,21,22). The van der Waals surface area contributed by atoms with Crippen LogP contribution in [0.3, 0.4) is 0 Å². The Bertz CT molecular complexity index is 785. The predicted octanol–water partition coefficient (Wildman–Crippen LogP) is 3.08. The van der Waals surface area contributed by atoms with E-state index in [2.05, 4.69) is 35.3 Å². The SMILES string of the molecule is CCC1(CCc2ccccc2)C(C#N)=C(N)Oc2n[nH]c(C)c21. The minimum atomic E-state index is -0.459. The monoisotopic (exact) mass is 308 g/mol. The molecule has 5 heteroatoms. The summed E-state index contributed by atoms with van der Waals surface area (Å²) in [4.78, 5) is 0. The first kappa shape index (κ1) is 15.2. The number of aromatic nitrogens is 2. The van der Waals surface area contributed by atoms with Gasteiger partial charge in [-0.3, -0.25) is 5.10 Å². The van der Waals surface area contributed by atoms with Crippen LogP contribution in [0.25, 0.3) is 0 Å². The summed E-state index contributed by atoms with van der Waals surface area (Å²) in [5.74, 6) is 0.662. The Balaban J connectivity index is 2.06. The molecular formula is C18H20N4O. The zero-order valence-electron chi connectivity index (χ0n) is 13.4. The van der Waals surface area contributed by atoms with Crippen molar-refractivity contribution in [3.8, 4) is 11.9 Å². The first-order valence-corrected chi connectivity index (χ1v) is 7.80. The smallest absolute Gasteiger partial charge is 0.244 e. The van der Waals surface area contributed by atoms with Crippen LogP contribution in [-0.2, 0) is 11.8 Å². The minimum Gasteiger partial charge on any atom is -0.420 e. The van der Waals surface area contributed by atoms with Gasteiger partial charge in [-0.1, -0.05) is 37.3 Å². The maximum atomic E-state index is 9.68. The fraction of sp³-hybridized carbons (Fsp3) is 0.333. The molecule has 1 aromatic heterocycles. The van der Waals surface area contributed by atoms with E-state index in [-0.39, 0.29) is 5.88 Å². The fourth-order valence-corrected chi connectivity index (χ4v) is 3.51. The van der Waals surface area contributed by atoms with Crippen molar-refractivity contribution in [3.05, 3.63) is 58.6 Å². The summed E-state index contributed by atoms with van der Waals surface area (Å²) in [5.41, 5.74) is 9.19. The molecule has 1 aliphatic heterocycles. The number of nitriles is 1. The highest BCUT2D eigenvalue weighted by atomic mass is 16.5. The van der Waals surface area contributed by atoms with Crippen molar-refractivity contribution < 1.29 is 4.74 Å². The number of hydrogen-bond donors (Lipinski definition) is 2. The van der Waals surface area contributed by atoms with E-state index in [9.17, 15) is 5.26 Å². The van der Waals surface area contributed by atoms with E-state index in [1.54, 1.807) is 0 Å². The van der Waals surface area contributed by atoms with Crippen LogP contribution in [0, 0.1) is 18.3 Å². The Kier molecular flexibility index (Phi) is 3.83. The number of fused-ring (bicyclic) bond motifs is 1. The van der Waals surface area contributed by atoms with Crippen LogP contribution in [-0.4, -0.2) is 10.2 Å². The summed E-state index contributed by atoms with van der Waals surface area (Å²) < 4.78 is 5.56. The van der Waals surface area contributed by atoms with Crippen LogP contribution in [0.5, 0.6) is 5.88 Å². The van der Waals surface area contributed by atoms with E-state index in [1.165, 1.54) is 5.56 Å². The largest absolute Gasteiger partial charge is 0.420 e. The van der Waals surface area contributed by atoms with Crippen molar-refractivity contribution >= 4 is 0 Å². The number of ether oxygens (including phenoxy) is 1. The lowest BCUT2D eigenvalue weighted by Crippen LogP contribution is -2.36. The number of rotatable bonds is 4. The topological polar surface area (TPSA) is 87.7 Å². The summed E-state index contributed by atoms with van der Waals surface area (Å²) in [6, 6.07) is 12.5. The second kappa shape index (κ2) is 5.81. The number of hydrogen-bond acceptors (Lipinski definition) is 4. The van der Waals surface area contributed by atoms with Crippen LogP contribution in [0.2, 0.25) is 0 Å². The lowest BCUT2D eigenvalue weighted by molar-refractivity contribution is 0.325. The number of nitrogens with zero attached hydrogens (tertiary/aromatic N) is 2. The van der Waals surface area contributed by atoms with Crippen molar-refractivity contribution in [1.29, 1.82) is 5.26 Å². The van der Waals surface area contributed by atoms with Crippen molar-refractivity contribution in [2.75, 3.05) is 0 Å². The highest BCUT2D eigenvalue weighted by molar-refractivity contribution is 5.54. The number of nitrogens with two attached hydrogens (primary N) is 1. The third-order valence-electron chi connectivity index (χ3n) is 4.72. The molecule has 118 valence electrons. The number of aromatic amines is 1. The van der Waals surface area contributed by atoms with E-state index in [0.29, 0.717) is 11.5 Å². The van der Waals surface area contributed by atoms with E-state index >= 15 is 0 Å². The van der Waals surface area contributed by atoms with Gasteiger partial charge in [0.25, 0.3) is 0 Å². The van der Waals surface area contributed by atoms with Crippen LogP contribution < -0.4 is 10.5 Å². The minimum absolute atomic E-state index is 0.168. The molecule has 0 aliphatic carbocycles. The number of H-pyrrole nitrogens is 1. The van der Waals surface area contributed by atoms with Crippen molar-refractivity contribution in [2.24, 2.45) is 5.73 Å². The molecule has 2 heterocycles. The van der Waals surface area contributed by atoms with Crippen LogP contribution in [0.4, 0.5) is 0 Å². The molecule has 0 fully saturated rings. The summed E-state index contributed by atoms with van der Waals surface area (Å²) in [6.07, 6.45) is 2.41. The number of benzene rings is 1. The molecule has 5 nitrogen and oxygen atoms in total. The zero-order valence-corrected chi connectivity index (χ0v) is 13.4. The predicted molar refractivity (Wildman–Crippen MR) is 87.5 cm³/mol. The summed E-state index contributed by atoms with van der Waals surface area (Å²) in [7, 11) is 0. The van der Waals surface area contributed by atoms with Gasteiger partial charge >= 0.3 is 0 Å². The van der Waals surface area contributed by atoms with Gasteiger partial charge in [0.15, 0.2) is 0 Å². The average molecular weight is 308 g/mol. The van der Waals surface area contributed by atoms with Crippen molar-refractivity contribution in [1.82, 2.24) is 10.2 Å². The molecule has 1 aromatic carbocycles. The van der Waals surface area contributed by atoms with Crippen molar-refractivity contribution in [3.63, 3.8) is 0 Å². The molecule has 3 rings (SSSR count). The normalized spacial score (nSPS) is 19.9. The Morgan fingerprint density at radius 3 is 2.74 bits per heavy atom. The highest BCUT2D eigenvalue weighted by Crippen LogP contribution is 2.48. The quantitative estimate of drug-likeness (QED) is 0.908. The Morgan fingerprint density at radius 2 is 2.09 bits per heavy atom. The second-order valence-electron chi connectivity index (χ2n) is 5.90. The number of nitrogens with one attached hydrogen (secondary N) is 1. The lowest BCUT2D eigenvalue weighted by Gasteiger charge is -2.36. The fourth-order valence-electron chi connectivity index (χ4n) is 3.51. The van der Waals surface area contributed by atoms with Gasteiger partial charge in [-0.25, -0.2) is 0 Å². The molecule has 0 saturated heterocycles. The van der Waals surface area contributed by atoms with Crippen molar-refractivity contribution in [2.45, 2.75) is 38.5 Å². The van der Waals surface area contributed by atoms with Gasteiger partial charge in [-0.05, 0) is 31.7 Å². The molecule has 23 heavy (non-hydrogen) atoms. The first-order valence-electron chi connectivity index (χ1n) is 7.80. The third-order valence-corrected chi connectivity index (χ3v) is 4.72. The van der Waals surface area contributed by atoms with E-state index < -0.39 is 5.41 Å². The van der Waals surface area contributed by atoms with E-state index in [0.717, 1.165) is 30.5 Å². The maximum absolute atomic E-state index is 9.68.